The molecule has 0 saturated carbocycles. The molecule has 3 nitrogen and oxygen atoms in total. The number of rotatable bonds is 3. The largest absolute Gasteiger partial charge is 0.508 e. The minimum absolute atomic E-state index is 0.0178. The summed E-state index contributed by atoms with van der Waals surface area (Å²) >= 11 is 0. The molecule has 0 aromatic heterocycles. The van der Waals surface area contributed by atoms with Crippen LogP contribution in [0.25, 0.3) is 0 Å². The van der Waals surface area contributed by atoms with Crippen molar-refractivity contribution in [2.75, 3.05) is 13.1 Å². The molecule has 0 bridgehead atoms. The lowest BCUT2D eigenvalue weighted by molar-refractivity contribution is -0.214. The average Bonchev–Trinajstić information content (AvgIpc) is 2.82. The first-order chi connectivity index (χ1) is 8.85. The first kappa shape index (κ1) is 13.9. The van der Waals surface area contributed by atoms with Crippen molar-refractivity contribution >= 4 is 5.78 Å². The fourth-order valence-electron chi connectivity index (χ4n) is 2.30. The van der Waals surface area contributed by atoms with Gasteiger partial charge < -0.3 is 10.4 Å². The van der Waals surface area contributed by atoms with Crippen LogP contribution in [0.15, 0.2) is 24.3 Å². The van der Waals surface area contributed by atoms with Crippen LogP contribution in [0.2, 0.25) is 0 Å². The summed E-state index contributed by atoms with van der Waals surface area (Å²) in [6.07, 6.45) is -5.03. The van der Waals surface area contributed by atoms with Crippen molar-refractivity contribution in [3.05, 3.63) is 29.8 Å². The third-order valence-corrected chi connectivity index (χ3v) is 3.53. The Hall–Kier alpha value is -1.56. The number of nitrogens with one attached hydrogen (secondary N) is 1. The molecular weight excluding hydrogens is 259 g/mol. The molecule has 1 heterocycles. The molecule has 2 rings (SSSR count). The highest BCUT2D eigenvalue weighted by atomic mass is 19.4. The van der Waals surface area contributed by atoms with Gasteiger partial charge in [-0.25, -0.2) is 0 Å². The van der Waals surface area contributed by atoms with Crippen molar-refractivity contribution in [1.29, 1.82) is 0 Å². The number of Topliss-reactive ketones (excluding diaryl/α,β-unsaturated/α-hetero) is 1. The number of phenolic OH excluding ortho intramolecular Hbond substituents is 1. The predicted molar refractivity (Wildman–Crippen MR) is 62.8 cm³/mol. The monoisotopic (exact) mass is 273 g/mol. The lowest BCUT2D eigenvalue weighted by Gasteiger charge is -2.29. The minimum Gasteiger partial charge on any atom is -0.508 e. The summed E-state index contributed by atoms with van der Waals surface area (Å²) in [4.78, 5) is 12.0. The molecular formula is C13H14F3NO2. The zero-order valence-corrected chi connectivity index (χ0v) is 10.1. The lowest BCUT2D eigenvalue weighted by atomic mass is 9.79. The number of alkyl halides is 3. The van der Waals surface area contributed by atoms with Crippen LogP contribution in [0, 0.1) is 5.41 Å². The number of hydrogen-bond donors (Lipinski definition) is 2. The van der Waals surface area contributed by atoms with Gasteiger partial charge in [0.15, 0.2) is 5.78 Å². The second kappa shape index (κ2) is 4.85. The van der Waals surface area contributed by atoms with Crippen molar-refractivity contribution in [2.45, 2.75) is 19.0 Å². The maximum Gasteiger partial charge on any atom is 0.402 e. The Morgan fingerprint density at radius 3 is 2.42 bits per heavy atom. The van der Waals surface area contributed by atoms with E-state index in [1.807, 2.05) is 0 Å². The molecule has 1 saturated heterocycles. The van der Waals surface area contributed by atoms with Crippen LogP contribution in [-0.4, -0.2) is 30.2 Å². The molecule has 104 valence electrons. The van der Waals surface area contributed by atoms with E-state index in [-0.39, 0.29) is 31.7 Å². The van der Waals surface area contributed by atoms with E-state index >= 15 is 0 Å². The van der Waals surface area contributed by atoms with Crippen molar-refractivity contribution in [3.8, 4) is 5.75 Å². The van der Waals surface area contributed by atoms with Crippen molar-refractivity contribution in [3.63, 3.8) is 0 Å². The van der Waals surface area contributed by atoms with E-state index in [4.69, 9.17) is 5.11 Å². The molecule has 0 amide bonds. The summed E-state index contributed by atoms with van der Waals surface area (Å²) < 4.78 is 39.4. The minimum atomic E-state index is -4.54. The van der Waals surface area contributed by atoms with E-state index in [2.05, 4.69) is 5.32 Å². The van der Waals surface area contributed by atoms with Crippen LogP contribution in [0.3, 0.4) is 0 Å². The van der Waals surface area contributed by atoms with Crippen molar-refractivity contribution in [2.24, 2.45) is 5.41 Å². The third kappa shape index (κ3) is 2.58. The summed E-state index contributed by atoms with van der Waals surface area (Å²) in [6, 6.07) is 5.63. The molecule has 1 unspecified atom stereocenters. The van der Waals surface area contributed by atoms with Crippen LogP contribution in [0.4, 0.5) is 13.2 Å². The van der Waals surface area contributed by atoms with Gasteiger partial charge in [0.25, 0.3) is 0 Å². The van der Waals surface area contributed by atoms with Gasteiger partial charge in [0.2, 0.25) is 0 Å². The Labute approximate surface area is 108 Å². The van der Waals surface area contributed by atoms with Gasteiger partial charge in [-0.3, -0.25) is 4.79 Å². The summed E-state index contributed by atoms with van der Waals surface area (Å²) in [5.74, 6) is -0.806. The zero-order chi connectivity index (χ0) is 14.1. The summed E-state index contributed by atoms with van der Waals surface area (Å²) in [7, 11) is 0. The average molecular weight is 273 g/mol. The number of ketones is 1. The molecule has 6 heteroatoms. The molecule has 1 aromatic carbocycles. The first-order valence-corrected chi connectivity index (χ1v) is 5.94. The highest BCUT2D eigenvalue weighted by Crippen LogP contribution is 2.44. The van der Waals surface area contributed by atoms with Gasteiger partial charge in [-0.05, 0) is 30.7 Å². The fraction of sp³-hybridized carbons (Fsp3) is 0.462. The Bertz CT molecular complexity index is 462. The van der Waals surface area contributed by atoms with Gasteiger partial charge in [0.1, 0.15) is 11.2 Å². The van der Waals surface area contributed by atoms with Crippen LogP contribution in [-0.2, 0) is 11.2 Å². The molecule has 1 fully saturated rings. The predicted octanol–water partition coefficient (Wildman–Crippen LogP) is 2.05. The number of aromatic hydroxyl groups is 1. The maximum absolute atomic E-state index is 13.1. The van der Waals surface area contributed by atoms with Gasteiger partial charge in [0, 0.05) is 13.0 Å². The van der Waals surface area contributed by atoms with Crippen LogP contribution >= 0.6 is 0 Å². The topological polar surface area (TPSA) is 49.3 Å². The molecule has 1 atom stereocenters. The normalized spacial score (nSPS) is 23.5. The molecule has 0 radical (unpaired) electrons. The van der Waals surface area contributed by atoms with E-state index < -0.39 is 17.4 Å². The number of halogens is 3. The van der Waals surface area contributed by atoms with Gasteiger partial charge in [-0.2, -0.15) is 13.2 Å². The molecule has 0 aliphatic carbocycles. The number of carbonyl (C=O) groups is 1. The van der Waals surface area contributed by atoms with Crippen LogP contribution in [0.5, 0.6) is 5.75 Å². The lowest BCUT2D eigenvalue weighted by Crippen LogP contribution is -2.47. The Kier molecular flexibility index (Phi) is 3.54. The molecule has 1 aliphatic heterocycles. The van der Waals surface area contributed by atoms with E-state index in [0.29, 0.717) is 5.56 Å². The SMILES string of the molecule is O=C(Cc1ccc(O)cc1)C1(C(F)(F)F)CCNC1. The number of phenols is 1. The van der Waals surface area contributed by atoms with Gasteiger partial charge in [-0.15, -0.1) is 0 Å². The maximum atomic E-state index is 13.1. The third-order valence-electron chi connectivity index (χ3n) is 3.53. The highest BCUT2D eigenvalue weighted by molar-refractivity contribution is 5.88. The standard InChI is InChI=1S/C13H14F3NO2/c14-13(15,16)12(5-6-17-8-12)11(19)7-9-1-3-10(18)4-2-9/h1-4,17-18H,5-8H2. The number of hydrogen-bond acceptors (Lipinski definition) is 3. The molecule has 1 aromatic rings. The Morgan fingerprint density at radius 1 is 1.32 bits per heavy atom. The smallest absolute Gasteiger partial charge is 0.402 e. The zero-order valence-electron chi connectivity index (χ0n) is 10.1. The quantitative estimate of drug-likeness (QED) is 0.886. The summed E-state index contributed by atoms with van der Waals surface area (Å²) in [5, 5.41) is 11.7. The van der Waals surface area contributed by atoms with Crippen molar-refractivity contribution < 1.29 is 23.1 Å². The number of benzene rings is 1. The Balaban J connectivity index is 2.19. The van der Waals surface area contributed by atoms with Crippen LogP contribution < -0.4 is 5.32 Å². The second-order valence-corrected chi connectivity index (χ2v) is 4.77. The van der Waals surface area contributed by atoms with Gasteiger partial charge >= 0.3 is 6.18 Å². The Morgan fingerprint density at radius 2 is 1.95 bits per heavy atom. The van der Waals surface area contributed by atoms with Gasteiger partial charge in [0.05, 0.1) is 0 Å². The van der Waals surface area contributed by atoms with Gasteiger partial charge in [-0.1, -0.05) is 12.1 Å². The fourth-order valence-corrected chi connectivity index (χ4v) is 2.30. The molecule has 1 aliphatic rings. The number of carbonyl (C=O) groups excluding carboxylic acids is 1. The summed E-state index contributed by atoms with van der Waals surface area (Å²) in [5.41, 5.74) is -1.80. The van der Waals surface area contributed by atoms with E-state index in [9.17, 15) is 18.0 Å². The summed E-state index contributed by atoms with van der Waals surface area (Å²) in [6.45, 7) is -0.158. The molecule has 19 heavy (non-hydrogen) atoms. The van der Waals surface area contributed by atoms with Crippen LogP contribution in [0.1, 0.15) is 12.0 Å². The highest BCUT2D eigenvalue weighted by Gasteiger charge is 2.60. The van der Waals surface area contributed by atoms with E-state index in [1.165, 1.54) is 24.3 Å². The van der Waals surface area contributed by atoms with E-state index in [1.54, 1.807) is 0 Å². The molecule has 0 spiro atoms. The van der Waals surface area contributed by atoms with Crippen molar-refractivity contribution in [1.82, 2.24) is 5.32 Å². The molecule has 2 N–H and O–H groups in total. The van der Waals surface area contributed by atoms with E-state index in [0.717, 1.165) is 0 Å². The second-order valence-electron chi connectivity index (χ2n) is 4.77. The first-order valence-electron chi connectivity index (χ1n) is 5.94.